The minimum Gasteiger partial charge on any atom is -0.384 e. The highest BCUT2D eigenvalue weighted by molar-refractivity contribution is 5.98. The average Bonchev–Trinajstić information content (AvgIpc) is 2.99. The van der Waals surface area contributed by atoms with Gasteiger partial charge in [-0.25, -0.2) is 9.97 Å². The van der Waals surface area contributed by atoms with Gasteiger partial charge in [0, 0.05) is 11.7 Å². The molecule has 0 bridgehead atoms. The molecule has 0 aromatic carbocycles. The van der Waals surface area contributed by atoms with Crippen LogP contribution in [0.5, 0.6) is 0 Å². The lowest BCUT2D eigenvalue weighted by atomic mass is 9.84. The molecule has 0 radical (unpaired) electrons. The molecule has 1 unspecified atom stereocenters. The summed E-state index contributed by atoms with van der Waals surface area (Å²) in [5.41, 5.74) is 1.16. The second-order valence-corrected chi connectivity index (χ2v) is 7.79. The maximum absolute atomic E-state index is 12.8. The summed E-state index contributed by atoms with van der Waals surface area (Å²) in [6.45, 7) is 7.37. The second-order valence-electron chi connectivity index (χ2n) is 7.79. The van der Waals surface area contributed by atoms with E-state index in [0.29, 0.717) is 23.0 Å². The summed E-state index contributed by atoms with van der Waals surface area (Å²) in [7, 11) is 0. The van der Waals surface area contributed by atoms with Crippen molar-refractivity contribution in [3.8, 4) is 0 Å². The number of carbonyl (C=O) groups is 1. The summed E-state index contributed by atoms with van der Waals surface area (Å²) in [5, 5.41) is 13.4. The van der Waals surface area contributed by atoms with Crippen molar-refractivity contribution in [3.63, 3.8) is 0 Å². The molecular weight excluding hydrogens is 316 g/mol. The lowest BCUT2D eigenvalue weighted by Gasteiger charge is -2.28. The van der Waals surface area contributed by atoms with Crippen molar-refractivity contribution >= 4 is 11.6 Å². The minimum atomic E-state index is -1.07. The zero-order chi connectivity index (χ0) is 18.2. The van der Waals surface area contributed by atoms with Crippen LogP contribution in [0.15, 0.2) is 12.4 Å². The maximum atomic E-state index is 12.8. The van der Waals surface area contributed by atoms with Crippen molar-refractivity contribution in [1.29, 1.82) is 0 Å². The molecule has 6 nitrogen and oxygen atoms in total. The molecule has 136 valence electrons. The molecule has 1 fully saturated rings. The van der Waals surface area contributed by atoms with Gasteiger partial charge in [0.2, 0.25) is 0 Å². The number of aliphatic hydroxyl groups is 1. The van der Waals surface area contributed by atoms with Gasteiger partial charge in [0.25, 0.3) is 5.91 Å². The Labute approximate surface area is 148 Å². The molecule has 2 aromatic heterocycles. The molecule has 2 heterocycles. The fraction of sp³-hybridized carbons (Fsp3) is 0.632. The molecular formula is C19H28N4O2. The van der Waals surface area contributed by atoms with Crippen molar-refractivity contribution in [3.05, 3.63) is 29.5 Å². The Morgan fingerprint density at radius 3 is 2.68 bits per heavy atom. The van der Waals surface area contributed by atoms with Crippen molar-refractivity contribution < 1.29 is 9.90 Å². The van der Waals surface area contributed by atoms with Gasteiger partial charge in [-0.2, -0.15) is 0 Å². The number of nitrogens with zero attached hydrogens (tertiary/aromatic N) is 3. The first-order valence-electron chi connectivity index (χ1n) is 9.16. The molecule has 1 saturated carbocycles. The highest BCUT2D eigenvalue weighted by Gasteiger charge is 2.25. The fourth-order valence-corrected chi connectivity index (χ4v) is 3.62. The number of rotatable bonds is 4. The standard InChI is InChI=1S/C19H28N4O2/c1-12-10-15(19(3,4)25)22-17-16(20-11-23(12)17)18(24)21-13(2)14-8-6-5-7-9-14/h10-11,13-14,25H,5-9H2,1-4H3,(H,21,24). The quantitative estimate of drug-likeness (QED) is 0.894. The van der Waals surface area contributed by atoms with E-state index in [4.69, 9.17) is 0 Å². The van der Waals surface area contributed by atoms with Gasteiger partial charge in [-0.3, -0.25) is 9.20 Å². The Morgan fingerprint density at radius 1 is 1.36 bits per heavy atom. The summed E-state index contributed by atoms with van der Waals surface area (Å²) in [6.07, 6.45) is 7.75. The molecule has 0 saturated heterocycles. The summed E-state index contributed by atoms with van der Waals surface area (Å²) >= 11 is 0. The first-order chi connectivity index (χ1) is 11.8. The van der Waals surface area contributed by atoms with E-state index in [2.05, 4.69) is 22.2 Å². The van der Waals surface area contributed by atoms with Crippen molar-refractivity contribution in [2.75, 3.05) is 0 Å². The topological polar surface area (TPSA) is 79.5 Å². The summed E-state index contributed by atoms with van der Waals surface area (Å²) in [5.74, 6) is 0.341. The van der Waals surface area contributed by atoms with Crippen molar-refractivity contribution in [1.82, 2.24) is 19.7 Å². The second kappa shape index (κ2) is 6.75. The molecule has 1 atom stereocenters. The number of amides is 1. The van der Waals surface area contributed by atoms with Crippen molar-refractivity contribution in [2.45, 2.75) is 71.4 Å². The molecule has 1 amide bonds. The van der Waals surface area contributed by atoms with Gasteiger partial charge in [0.05, 0.1) is 5.69 Å². The van der Waals surface area contributed by atoms with Crippen LogP contribution < -0.4 is 5.32 Å². The van der Waals surface area contributed by atoms with Crippen LogP contribution in [0.4, 0.5) is 0 Å². The molecule has 2 N–H and O–H groups in total. The van der Waals surface area contributed by atoms with Gasteiger partial charge in [0.1, 0.15) is 11.9 Å². The van der Waals surface area contributed by atoms with Gasteiger partial charge in [0.15, 0.2) is 11.3 Å². The van der Waals surface area contributed by atoms with E-state index in [1.54, 1.807) is 24.6 Å². The molecule has 6 heteroatoms. The number of hydrogen-bond donors (Lipinski definition) is 2. The van der Waals surface area contributed by atoms with E-state index in [1.165, 1.54) is 32.1 Å². The first-order valence-corrected chi connectivity index (χ1v) is 9.16. The van der Waals surface area contributed by atoms with Gasteiger partial charge in [-0.05, 0) is 52.5 Å². The van der Waals surface area contributed by atoms with Crippen molar-refractivity contribution in [2.24, 2.45) is 5.92 Å². The highest BCUT2D eigenvalue weighted by atomic mass is 16.3. The van der Waals surface area contributed by atoms with Crippen LogP contribution in [0, 0.1) is 12.8 Å². The number of aryl methyl sites for hydroxylation is 1. The zero-order valence-electron chi connectivity index (χ0n) is 15.5. The highest BCUT2D eigenvalue weighted by Crippen LogP contribution is 2.26. The molecule has 0 aliphatic heterocycles. The summed E-state index contributed by atoms with van der Waals surface area (Å²) < 4.78 is 1.79. The Balaban J connectivity index is 1.87. The van der Waals surface area contributed by atoms with Crippen LogP contribution in [-0.4, -0.2) is 31.4 Å². The SMILES string of the molecule is Cc1cc(C(C)(C)O)nc2c(C(=O)NC(C)C3CCCCC3)ncn12. The third-order valence-corrected chi connectivity index (χ3v) is 5.25. The monoisotopic (exact) mass is 344 g/mol. The number of imidazole rings is 1. The Hall–Kier alpha value is -1.95. The Morgan fingerprint density at radius 2 is 2.04 bits per heavy atom. The third-order valence-electron chi connectivity index (χ3n) is 5.25. The third kappa shape index (κ3) is 3.68. The summed E-state index contributed by atoms with van der Waals surface area (Å²) in [6, 6.07) is 1.95. The molecule has 1 aliphatic rings. The minimum absolute atomic E-state index is 0.128. The van der Waals surface area contributed by atoms with E-state index >= 15 is 0 Å². The number of nitrogens with one attached hydrogen (secondary N) is 1. The number of fused-ring (bicyclic) bond motifs is 1. The van der Waals surface area contributed by atoms with Gasteiger partial charge in [-0.1, -0.05) is 19.3 Å². The van der Waals surface area contributed by atoms with E-state index in [9.17, 15) is 9.90 Å². The Kier molecular flexibility index (Phi) is 4.82. The molecule has 1 aliphatic carbocycles. The predicted octanol–water partition coefficient (Wildman–Crippen LogP) is 2.96. The van der Waals surface area contributed by atoms with Crippen LogP contribution in [0.1, 0.15) is 74.8 Å². The molecule has 0 spiro atoms. The number of carbonyl (C=O) groups excluding carboxylic acids is 1. The largest absolute Gasteiger partial charge is 0.384 e. The van der Waals surface area contributed by atoms with Crippen LogP contribution in [0.2, 0.25) is 0 Å². The fourth-order valence-electron chi connectivity index (χ4n) is 3.62. The molecule has 2 aromatic rings. The van der Waals surface area contributed by atoms with E-state index in [1.807, 2.05) is 13.0 Å². The van der Waals surface area contributed by atoms with Gasteiger partial charge < -0.3 is 10.4 Å². The normalized spacial score (nSPS) is 17.6. The van der Waals surface area contributed by atoms with E-state index in [-0.39, 0.29) is 11.9 Å². The molecule has 25 heavy (non-hydrogen) atoms. The van der Waals surface area contributed by atoms with E-state index < -0.39 is 5.60 Å². The lowest BCUT2D eigenvalue weighted by molar-refractivity contribution is 0.0738. The van der Waals surface area contributed by atoms with Crippen LogP contribution in [0.25, 0.3) is 5.65 Å². The Bertz CT molecular complexity index is 770. The van der Waals surface area contributed by atoms with Gasteiger partial charge >= 0.3 is 0 Å². The van der Waals surface area contributed by atoms with Crippen LogP contribution in [0.3, 0.4) is 0 Å². The molecule has 3 rings (SSSR count). The van der Waals surface area contributed by atoms with E-state index in [0.717, 1.165) is 5.69 Å². The average molecular weight is 344 g/mol. The van der Waals surface area contributed by atoms with Crippen LogP contribution >= 0.6 is 0 Å². The lowest BCUT2D eigenvalue weighted by Crippen LogP contribution is -2.39. The van der Waals surface area contributed by atoms with Crippen LogP contribution in [-0.2, 0) is 5.60 Å². The number of hydrogen-bond acceptors (Lipinski definition) is 4. The maximum Gasteiger partial charge on any atom is 0.274 e. The predicted molar refractivity (Wildman–Crippen MR) is 96.5 cm³/mol. The van der Waals surface area contributed by atoms with Gasteiger partial charge in [-0.15, -0.1) is 0 Å². The first kappa shape index (κ1) is 17.9. The smallest absolute Gasteiger partial charge is 0.274 e. The zero-order valence-corrected chi connectivity index (χ0v) is 15.5. The summed E-state index contributed by atoms with van der Waals surface area (Å²) in [4.78, 5) is 21.5. The number of aromatic nitrogens is 3.